The van der Waals surface area contributed by atoms with Gasteiger partial charge in [-0.05, 0) is 61.9 Å². The van der Waals surface area contributed by atoms with Gasteiger partial charge in [0.15, 0.2) is 0 Å². The Balaban J connectivity index is 1.67. The van der Waals surface area contributed by atoms with Gasteiger partial charge in [0.25, 0.3) is 21.5 Å². The summed E-state index contributed by atoms with van der Waals surface area (Å²) in [7, 11) is 1.37. The molecule has 2 aromatic heterocycles. The van der Waals surface area contributed by atoms with E-state index in [2.05, 4.69) is 16.0 Å². The molecule has 3 amide bonds. The zero-order valence-electron chi connectivity index (χ0n) is 21.8. The van der Waals surface area contributed by atoms with E-state index >= 15 is 4.39 Å². The lowest BCUT2D eigenvalue weighted by Crippen LogP contribution is -2.34. The van der Waals surface area contributed by atoms with Crippen LogP contribution in [0.1, 0.15) is 10.4 Å². The Kier molecular flexibility index (Phi) is 8.52. The zero-order chi connectivity index (χ0) is 29.0. The van der Waals surface area contributed by atoms with Crippen LogP contribution in [0.4, 0.5) is 20.6 Å². The van der Waals surface area contributed by atoms with Crippen LogP contribution in [0.15, 0.2) is 69.1 Å². The van der Waals surface area contributed by atoms with Crippen LogP contribution in [0.5, 0.6) is 0 Å². The van der Waals surface area contributed by atoms with Crippen molar-refractivity contribution in [2.75, 3.05) is 44.9 Å². The van der Waals surface area contributed by atoms with Crippen LogP contribution < -0.4 is 26.2 Å². The van der Waals surface area contributed by atoms with Gasteiger partial charge in [0, 0.05) is 48.5 Å². The summed E-state index contributed by atoms with van der Waals surface area (Å²) in [6, 6.07) is 10.2. The van der Waals surface area contributed by atoms with Crippen LogP contribution in [0.2, 0.25) is 0 Å². The molecule has 4 N–H and O–H groups in total. The van der Waals surface area contributed by atoms with E-state index in [0.29, 0.717) is 24.2 Å². The number of amides is 3. The summed E-state index contributed by atoms with van der Waals surface area (Å²) in [5, 5.41) is 10.2. The fourth-order valence-electron chi connectivity index (χ4n) is 3.87. The van der Waals surface area contributed by atoms with Crippen molar-refractivity contribution in [3.63, 3.8) is 0 Å². The normalized spacial score (nSPS) is 11.4. The Morgan fingerprint density at radius 1 is 1.05 bits per heavy atom. The second-order valence-corrected chi connectivity index (χ2v) is 11.8. The highest BCUT2D eigenvalue weighted by Gasteiger charge is 2.20. The minimum atomic E-state index is -4.08. The third kappa shape index (κ3) is 6.30. The minimum absolute atomic E-state index is 0.0470. The number of hydrogen-bond donors (Lipinski definition) is 4. The molecule has 0 bridgehead atoms. The summed E-state index contributed by atoms with van der Waals surface area (Å²) in [6.45, 7) is 0.952. The molecule has 210 valence electrons. The lowest BCUT2D eigenvalue weighted by molar-refractivity contribution is 0.0952. The van der Waals surface area contributed by atoms with E-state index in [-0.39, 0.29) is 26.5 Å². The molecule has 0 spiro atoms. The predicted molar refractivity (Wildman–Crippen MR) is 154 cm³/mol. The second kappa shape index (κ2) is 11.9. The number of likely N-dealkylation sites (N-methyl/N-ethyl adjacent to an activating group) is 1. The first kappa shape index (κ1) is 28.7. The summed E-state index contributed by atoms with van der Waals surface area (Å²) in [6.07, 6.45) is 1.28. The number of aromatic nitrogens is 1. The lowest BCUT2D eigenvalue weighted by Gasteiger charge is -2.16. The quantitative estimate of drug-likeness (QED) is 0.236. The van der Waals surface area contributed by atoms with Gasteiger partial charge in [0.05, 0.1) is 11.3 Å². The van der Waals surface area contributed by atoms with E-state index in [1.807, 2.05) is 23.7 Å². The van der Waals surface area contributed by atoms with Crippen molar-refractivity contribution in [1.82, 2.24) is 19.5 Å². The maximum atomic E-state index is 15.3. The first-order chi connectivity index (χ1) is 19.0. The van der Waals surface area contributed by atoms with Gasteiger partial charge in [-0.1, -0.05) is 6.07 Å². The van der Waals surface area contributed by atoms with Gasteiger partial charge in [-0.15, -0.1) is 11.3 Å². The number of halogens is 1. The SMILES string of the molecule is CNc1ccc2c(=O)n(-c3ccc(NC(=O)NS(=O)(=O)c4cccs4)cc3F)cc(C(=O)NCCN(C)C)c2c1. The standard InChI is InChI=1S/C26H27FN6O5S2/c1-28-16-6-8-18-19(13-16)20(24(34)29-10-11-32(2)3)15-33(25(18)35)22-9-7-17(14-21(22)27)30-26(36)31-40(37,38)23-5-4-12-39-23/h4-9,12-15,28H,10-11H2,1-3H3,(H,29,34)(H2,30,31,36). The second-order valence-electron chi connectivity index (χ2n) is 8.95. The lowest BCUT2D eigenvalue weighted by atomic mass is 10.1. The van der Waals surface area contributed by atoms with Crippen LogP contribution in [0.3, 0.4) is 0 Å². The topological polar surface area (TPSA) is 142 Å². The van der Waals surface area contributed by atoms with Crippen molar-refractivity contribution in [1.29, 1.82) is 0 Å². The number of carbonyl (C=O) groups excluding carboxylic acids is 2. The number of nitrogens with zero attached hydrogens (tertiary/aromatic N) is 2. The predicted octanol–water partition coefficient (Wildman–Crippen LogP) is 3.03. The van der Waals surface area contributed by atoms with Crippen LogP contribution >= 0.6 is 11.3 Å². The molecular weight excluding hydrogens is 559 g/mol. The molecule has 0 unspecified atom stereocenters. The molecule has 2 heterocycles. The summed E-state index contributed by atoms with van der Waals surface area (Å²) >= 11 is 0.936. The summed E-state index contributed by atoms with van der Waals surface area (Å²) in [5.74, 6) is -1.32. The van der Waals surface area contributed by atoms with E-state index < -0.39 is 33.3 Å². The summed E-state index contributed by atoms with van der Waals surface area (Å²) in [5.41, 5.74) is 0.0958. The summed E-state index contributed by atoms with van der Waals surface area (Å²) < 4.78 is 42.7. The van der Waals surface area contributed by atoms with Crippen molar-refractivity contribution in [3.05, 3.63) is 81.8 Å². The van der Waals surface area contributed by atoms with Crippen molar-refractivity contribution >= 4 is 55.4 Å². The van der Waals surface area contributed by atoms with E-state index in [4.69, 9.17) is 0 Å². The Morgan fingerprint density at radius 3 is 2.45 bits per heavy atom. The van der Waals surface area contributed by atoms with Crippen LogP contribution in [-0.2, 0) is 10.0 Å². The highest BCUT2D eigenvalue weighted by molar-refractivity contribution is 7.92. The molecule has 0 aliphatic carbocycles. The Bertz CT molecular complexity index is 1740. The van der Waals surface area contributed by atoms with Crippen molar-refractivity contribution in [2.24, 2.45) is 0 Å². The number of fused-ring (bicyclic) bond motifs is 1. The van der Waals surface area contributed by atoms with Gasteiger partial charge in [-0.2, -0.15) is 0 Å². The number of nitrogens with one attached hydrogen (secondary N) is 4. The molecule has 0 atom stereocenters. The Hall–Kier alpha value is -4.27. The largest absolute Gasteiger partial charge is 0.388 e. The molecule has 4 rings (SSSR count). The van der Waals surface area contributed by atoms with Gasteiger partial charge in [-0.25, -0.2) is 22.3 Å². The van der Waals surface area contributed by atoms with Gasteiger partial charge < -0.3 is 20.9 Å². The number of sulfonamides is 1. The zero-order valence-corrected chi connectivity index (χ0v) is 23.5. The molecule has 11 nitrogen and oxygen atoms in total. The van der Waals surface area contributed by atoms with Crippen LogP contribution in [0, 0.1) is 5.82 Å². The third-order valence-corrected chi connectivity index (χ3v) is 8.58. The molecule has 40 heavy (non-hydrogen) atoms. The first-order valence-corrected chi connectivity index (χ1v) is 14.3. The van der Waals surface area contributed by atoms with E-state index in [1.54, 1.807) is 30.6 Å². The van der Waals surface area contributed by atoms with Crippen molar-refractivity contribution in [2.45, 2.75) is 4.21 Å². The molecule has 0 fully saturated rings. The number of benzene rings is 2. The molecule has 0 saturated heterocycles. The molecular formula is C26H27FN6O5S2. The molecule has 0 aliphatic heterocycles. The number of hydrogen-bond acceptors (Lipinski definition) is 8. The third-order valence-electron chi connectivity index (χ3n) is 5.85. The number of pyridine rings is 1. The number of anilines is 2. The first-order valence-electron chi connectivity index (χ1n) is 12.0. The van der Waals surface area contributed by atoms with Crippen molar-refractivity contribution < 1.29 is 22.4 Å². The average Bonchev–Trinajstić information content (AvgIpc) is 3.45. The van der Waals surface area contributed by atoms with E-state index in [9.17, 15) is 22.8 Å². The van der Waals surface area contributed by atoms with Crippen LogP contribution in [-0.4, -0.2) is 64.1 Å². The fraction of sp³-hybridized carbons (Fsp3) is 0.192. The maximum Gasteiger partial charge on any atom is 0.333 e. The average molecular weight is 587 g/mol. The maximum absolute atomic E-state index is 15.3. The number of urea groups is 1. The number of carbonyl (C=O) groups is 2. The highest BCUT2D eigenvalue weighted by atomic mass is 32.2. The van der Waals surface area contributed by atoms with Crippen molar-refractivity contribution in [3.8, 4) is 5.69 Å². The monoisotopic (exact) mass is 586 g/mol. The smallest absolute Gasteiger partial charge is 0.333 e. The molecule has 14 heteroatoms. The number of rotatable bonds is 9. The summed E-state index contributed by atoms with van der Waals surface area (Å²) in [4.78, 5) is 40.7. The number of thiophene rings is 1. The van der Waals surface area contributed by atoms with E-state index in [1.165, 1.54) is 30.5 Å². The highest BCUT2D eigenvalue weighted by Crippen LogP contribution is 2.24. The molecule has 2 aromatic carbocycles. The Labute approximate surface area is 233 Å². The molecule has 0 radical (unpaired) electrons. The van der Waals surface area contributed by atoms with E-state index in [0.717, 1.165) is 22.0 Å². The minimum Gasteiger partial charge on any atom is -0.388 e. The van der Waals surface area contributed by atoms with Gasteiger partial charge in [0.1, 0.15) is 10.0 Å². The van der Waals surface area contributed by atoms with Gasteiger partial charge in [0.2, 0.25) is 0 Å². The molecule has 4 aromatic rings. The molecule has 0 aliphatic rings. The van der Waals surface area contributed by atoms with Gasteiger partial charge >= 0.3 is 6.03 Å². The molecule has 0 saturated carbocycles. The van der Waals surface area contributed by atoms with Gasteiger partial charge in [-0.3, -0.25) is 14.2 Å². The Morgan fingerprint density at radius 2 is 1.80 bits per heavy atom. The van der Waals surface area contributed by atoms with Crippen LogP contribution in [0.25, 0.3) is 16.5 Å². The fourth-order valence-corrected chi connectivity index (χ4v) is 5.77.